The van der Waals surface area contributed by atoms with Gasteiger partial charge in [0.05, 0.1) is 19.8 Å². The molecule has 160 valence electrons. The number of hydrogen-bond acceptors (Lipinski definition) is 8. The first-order chi connectivity index (χ1) is 14.2. The fraction of sp³-hybridized carbons (Fsp3) is 0.350. The number of nitrogens with zero attached hydrogens (tertiary/aromatic N) is 1. The highest BCUT2D eigenvalue weighted by molar-refractivity contribution is 6.10. The molecule has 2 rings (SSSR count). The van der Waals surface area contributed by atoms with Gasteiger partial charge in [0.2, 0.25) is 0 Å². The van der Waals surface area contributed by atoms with Crippen molar-refractivity contribution in [3.63, 3.8) is 0 Å². The first-order valence-electron chi connectivity index (χ1n) is 8.83. The number of nitrogens with one attached hydrogen (secondary N) is 1. The molecule has 0 spiro atoms. The topological polar surface area (TPSA) is 120 Å². The molecule has 0 aliphatic carbocycles. The average Bonchev–Trinajstić information content (AvgIpc) is 2.70. The molecular weight excluding hydrogens is 399 g/mol. The van der Waals surface area contributed by atoms with Gasteiger partial charge in [-0.2, -0.15) is 0 Å². The fourth-order valence-corrected chi connectivity index (χ4v) is 3.09. The van der Waals surface area contributed by atoms with Gasteiger partial charge in [-0.15, -0.1) is 0 Å². The summed E-state index contributed by atoms with van der Waals surface area (Å²) in [5.41, 5.74) is 0.452. The molecular formula is C20H21FN2O7. The number of anilines is 1. The third-order valence-electron chi connectivity index (χ3n) is 4.40. The zero-order chi connectivity index (χ0) is 22.4. The summed E-state index contributed by atoms with van der Waals surface area (Å²) in [7, 11) is 2.25. The second kappa shape index (κ2) is 9.77. The van der Waals surface area contributed by atoms with Gasteiger partial charge in [0.15, 0.2) is 6.61 Å². The molecule has 1 amide bonds. The highest BCUT2D eigenvalue weighted by Crippen LogP contribution is 2.33. The standard InChI is InChI=1S/C20H21FN2O7/c1-10-15(18(25)28-3)17(16(11(2)22-10)19(26)29-4)20(27)30-9-14(24)23-13-7-5-6-12(21)8-13/h5-8,15,17H,9H2,1-4H3,(H,23,24)/t15?,17-/m0/s1. The van der Waals surface area contributed by atoms with Crippen molar-refractivity contribution in [3.05, 3.63) is 41.4 Å². The number of allylic oxidation sites excluding steroid dienone is 1. The number of carbonyl (C=O) groups excluding carboxylic acids is 4. The number of hydrogen-bond donors (Lipinski definition) is 1. The molecule has 30 heavy (non-hydrogen) atoms. The average molecular weight is 420 g/mol. The summed E-state index contributed by atoms with van der Waals surface area (Å²) in [4.78, 5) is 53.5. The molecule has 1 N–H and O–H groups in total. The lowest BCUT2D eigenvalue weighted by molar-refractivity contribution is -0.158. The molecule has 2 atom stereocenters. The summed E-state index contributed by atoms with van der Waals surface area (Å²) in [6.45, 7) is 2.28. The predicted molar refractivity (Wildman–Crippen MR) is 103 cm³/mol. The second-order valence-electron chi connectivity index (χ2n) is 6.39. The maximum absolute atomic E-state index is 13.2. The number of halogens is 1. The molecule has 1 aliphatic rings. The van der Waals surface area contributed by atoms with Crippen LogP contribution in [-0.2, 0) is 33.4 Å². The number of benzene rings is 1. The maximum Gasteiger partial charge on any atom is 0.336 e. The van der Waals surface area contributed by atoms with Crippen LogP contribution in [0.15, 0.2) is 40.5 Å². The van der Waals surface area contributed by atoms with Crippen molar-refractivity contribution < 1.29 is 37.8 Å². The van der Waals surface area contributed by atoms with Gasteiger partial charge >= 0.3 is 17.9 Å². The van der Waals surface area contributed by atoms with Crippen LogP contribution in [0.5, 0.6) is 0 Å². The fourth-order valence-electron chi connectivity index (χ4n) is 3.09. The molecule has 9 nitrogen and oxygen atoms in total. The largest absolute Gasteiger partial charge is 0.468 e. The van der Waals surface area contributed by atoms with E-state index in [2.05, 4.69) is 10.3 Å². The van der Waals surface area contributed by atoms with E-state index in [0.29, 0.717) is 0 Å². The monoisotopic (exact) mass is 420 g/mol. The molecule has 0 radical (unpaired) electrons. The van der Waals surface area contributed by atoms with E-state index in [1.54, 1.807) is 0 Å². The van der Waals surface area contributed by atoms with Crippen LogP contribution in [0.25, 0.3) is 0 Å². The number of methoxy groups -OCH3 is 2. The lowest BCUT2D eigenvalue weighted by Crippen LogP contribution is -2.42. The van der Waals surface area contributed by atoms with Gasteiger partial charge in [0.25, 0.3) is 5.91 Å². The Morgan fingerprint density at radius 3 is 2.37 bits per heavy atom. The maximum atomic E-state index is 13.2. The lowest BCUT2D eigenvalue weighted by Gasteiger charge is -2.29. The highest BCUT2D eigenvalue weighted by Gasteiger charge is 2.46. The van der Waals surface area contributed by atoms with Crippen molar-refractivity contribution in [1.82, 2.24) is 0 Å². The number of aliphatic imine (C=N–C) groups is 1. The second-order valence-corrected chi connectivity index (χ2v) is 6.39. The minimum Gasteiger partial charge on any atom is -0.468 e. The van der Waals surface area contributed by atoms with Gasteiger partial charge in [-0.1, -0.05) is 6.07 Å². The summed E-state index contributed by atoms with van der Waals surface area (Å²) in [5, 5.41) is 2.37. The molecule has 1 aromatic rings. The minimum atomic E-state index is -1.40. The molecule has 1 unspecified atom stereocenters. The number of amides is 1. The zero-order valence-electron chi connectivity index (χ0n) is 16.9. The van der Waals surface area contributed by atoms with Crippen LogP contribution in [0.3, 0.4) is 0 Å². The van der Waals surface area contributed by atoms with Crippen molar-refractivity contribution in [1.29, 1.82) is 0 Å². The van der Waals surface area contributed by atoms with Crippen LogP contribution >= 0.6 is 0 Å². The van der Waals surface area contributed by atoms with Crippen molar-refractivity contribution in [2.24, 2.45) is 16.8 Å². The smallest absolute Gasteiger partial charge is 0.336 e. The summed E-state index contributed by atoms with van der Waals surface area (Å²) >= 11 is 0. The van der Waals surface area contributed by atoms with Crippen molar-refractivity contribution in [2.45, 2.75) is 13.8 Å². The third kappa shape index (κ3) is 5.07. The molecule has 0 saturated carbocycles. The molecule has 1 aromatic carbocycles. The Kier molecular flexibility index (Phi) is 7.40. The van der Waals surface area contributed by atoms with Gasteiger partial charge in [0.1, 0.15) is 17.7 Å². The Hall–Kier alpha value is -3.56. The number of ether oxygens (including phenoxy) is 3. The van der Waals surface area contributed by atoms with Crippen molar-refractivity contribution >= 4 is 35.2 Å². The zero-order valence-corrected chi connectivity index (χ0v) is 16.9. The Bertz CT molecular complexity index is 939. The normalized spacial score (nSPS) is 18.2. The van der Waals surface area contributed by atoms with Crippen LogP contribution in [0.4, 0.5) is 10.1 Å². The van der Waals surface area contributed by atoms with Crippen molar-refractivity contribution in [3.8, 4) is 0 Å². The summed E-state index contributed by atoms with van der Waals surface area (Å²) < 4.78 is 27.7. The molecule has 0 fully saturated rings. The van der Waals surface area contributed by atoms with E-state index in [1.807, 2.05) is 0 Å². The van der Waals surface area contributed by atoms with Gasteiger partial charge in [-0.25, -0.2) is 9.18 Å². The van der Waals surface area contributed by atoms with E-state index in [0.717, 1.165) is 20.3 Å². The summed E-state index contributed by atoms with van der Waals surface area (Å²) in [6, 6.07) is 5.16. The minimum absolute atomic E-state index is 0.158. The van der Waals surface area contributed by atoms with Crippen molar-refractivity contribution in [2.75, 3.05) is 26.1 Å². The SMILES string of the molecule is COC(=O)C1=C(C)N=C(C)C(C(=O)OC)[C@@H]1C(=O)OCC(=O)Nc1cccc(F)c1. The van der Waals surface area contributed by atoms with Gasteiger partial charge in [0, 0.05) is 17.1 Å². The first kappa shape index (κ1) is 22.7. The van der Waals surface area contributed by atoms with E-state index < -0.39 is 48.1 Å². The van der Waals surface area contributed by atoms with Crippen LogP contribution in [0.1, 0.15) is 13.8 Å². The number of carbonyl (C=O) groups is 4. The Labute approximate surface area is 171 Å². The Morgan fingerprint density at radius 1 is 1.07 bits per heavy atom. The van der Waals surface area contributed by atoms with Crippen LogP contribution < -0.4 is 5.32 Å². The molecule has 10 heteroatoms. The van der Waals surface area contributed by atoms with Crippen LogP contribution in [0.2, 0.25) is 0 Å². The first-order valence-corrected chi connectivity index (χ1v) is 8.83. The van der Waals surface area contributed by atoms with E-state index in [1.165, 1.54) is 32.0 Å². The molecule has 0 aromatic heterocycles. The van der Waals surface area contributed by atoms with Gasteiger partial charge in [-0.05, 0) is 32.0 Å². The van der Waals surface area contributed by atoms with Crippen LogP contribution in [-0.4, -0.2) is 50.4 Å². The van der Waals surface area contributed by atoms with Gasteiger partial charge in [-0.3, -0.25) is 19.4 Å². The Balaban J connectivity index is 2.22. The van der Waals surface area contributed by atoms with E-state index in [4.69, 9.17) is 14.2 Å². The lowest BCUT2D eigenvalue weighted by atomic mass is 9.80. The molecule has 0 bridgehead atoms. The Morgan fingerprint density at radius 2 is 1.77 bits per heavy atom. The van der Waals surface area contributed by atoms with E-state index >= 15 is 0 Å². The van der Waals surface area contributed by atoms with E-state index in [-0.39, 0.29) is 22.7 Å². The number of esters is 3. The van der Waals surface area contributed by atoms with Crippen LogP contribution in [0, 0.1) is 17.7 Å². The van der Waals surface area contributed by atoms with E-state index in [9.17, 15) is 23.6 Å². The van der Waals surface area contributed by atoms with Gasteiger partial charge < -0.3 is 19.5 Å². The number of rotatable bonds is 6. The molecule has 0 saturated heterocycles. The molecule has 1 aliphatic heterocycles. The predicted octanol–water partition coefficient (Wildman–Crippen LogP) is 1.63. The highest BCUT2D eigenvalue weighted by atomic mass is 19.1. The summed E-state index contributed by atoms with van der Waals surface area (Å²) in [6.07, 6.45) is 0. The quantitative estimate of drug-likeness (QED) is 0.549. The third-order valence-corrected chi connectivity index (χ3v) is 4.40. The summed E-state index contributed by atoms with van der Waals surface area (Å²) in [5.74, 6) is -6.55. The molecule has 1 heterocycles.